The Balaban J connectivity index is 1.66. The summed E-state index contributed by atoms with van der Waals surface area (Å²) in [5, 5.41) is 19.0. The molecule has 0 atom stereocenters. The molecule has 7 nitrogen and oxygen atoms in total. The van der Waals surface area contributed by atoms with Crippen molar-refractivity contribution in [3.05, 3.63) is 93.8 Å². The van der Waals surface area contributed by atoms with Gasteiger partial charge in [0.1, 0.15) is 11.8 Å². The molecule has 1 heterocycles. The summed E-state index contributed by atoms with van der Waals surface area (Å²) in [6.07, 6.45) is 7.48. The molecule has 4 rings (SSSR count). The number of benzene rings is 2. The summed E-state index contributed by atoms with van der Waals surface area (Å²) in [5.41, 5.74) is 6.47. The quantitative estimate of drug-likeness (QED) is 0.294. The number of para-hydroxylation sites is 2. The van der Waals surface area contributed by atoms with E-state index in [-0.39, 0.29) is 18.9 Å². The minimum Gasteiger partial charge on any atom is -0.491 e. The van der Waals surface area contributed by atoms with Crippen molar-refractivity contribution in [3.8, 4) is 23.1 Å². The number of aromatic nitrogens is 1. The molecule has 184 valence electrons. The topological polar surface area (TPSA) is 104 Å². The number of nitrogens with zero attached hydrogens (tertiary/aromatic N) is 3. The molecule has 2 aromatic carbocycles. The zero-order valence-corrected chi connectivity index (χ0v) is 20.7. The Morgan fingerprint density at radius 2 is 2.03 bits per heavy atom. The number of ether oxygens (including phenoxy) is 1. The van der Waals surface area contributed by atoms with Gasteiger partial charge in [0.2, 0.25) is 0 Å². The maximum Gasteiger partial charge on any atom is 0.303 e. The molecule has 0 saturated heterocycles. The number of hydrogen-bond acceptors (Lipinski definition) is 5. The zero-order chi connectivity index (χ0) is 26.4. The van der Waals surface area contributed by atoms with Crippen molar-refractivity contribution >= 4 is 41.3 Å². The Labute approximate surface area is 219 Å². The fourth-order valence-electron chi connectivity index (χ4n) is 3.82. The molecule has 8 heteroatoms. The van der Waals surface area contributed by atoms with Gasteiger partial charge >= 0.3 is 5.97 Å². The second-order valence-electron chi connectivity index (χ2n) is 8.18. The molecule has 3 aromatic rings. The lowest BCUT2D eigenvalue weighted by Crippen LogP contribution is -2.26. The number of carbonyl (C=O) groups is 2. The highest BCUT2D eigenvalue weighted by Gasteiger charge is 2.21. The van der Waals surface area contributed by atoms with E-state index >= 15 is 0 Å². The molecule has 0 unspecified atom stereocenters. The van der Waals surface area contributed by atoms with Gasteiger partial charge in [-0.15, -0.1) is 5.73 Å². The van der Waals surface area contributed by atoms with Crippen molar-refractivity contribution in [2.24, 2.45) is 0 Å². The van der Waals surface area contributed by atoms with E-state index in [1.165, 1.54) is 4.90 Å². The van der Waals surface area contributed by atoms with E-state index in [9.17, 15) is 14.9 Å². The lowest BCUT2D eigenvalue weighted by molar-refractivity contribution is -0.137. The molecule has 37 heavy (non-hydrogen) atoms. The number of fused-ring (bicyclic) bond motifs is 1. The molecule has 1 aliphatic carbocycles. The van der Waals surface area contributed by atoms with Crippen LogP contribution in [0.25, 0.3) is 23.4 Å². The summed E-state index contributed by atoms with van der Waals surface area (Å²) in [7, 11) is 1.63. The maximum absolute atomic E-state index is 13.5. The van der Waals surface area contributed by atoms with Gasteiger partial charge in [0.25, 0.3) is 5.91 Å². The number of rotatable bonds is 8. The smallest absolute Gasteiger partial charge is 0.303 e. The van der Waals surface area contributed by atoms with Crippen LogP contribution in [0, 0.1) is 11.3 Å². The van der Waals surface area contributed by atoms with Gasteiger partial charge in [-0.2, -0.15) is 5.26 Å². The monoisotopic (exact) mass is 511 g/mol. The van der Waals surface area contributed by atoms with Gasteiger partial charge in [-0.25, -0.2) is 4.98 Å². The minimum absolute atomic E-state index is 0.00546. The summed E-state index contributed by atoms with van der Waals surface area (Å²) in [6, 6.07) is 15.8. The van der Waals surface area contributed by atoms with Crippen LogP contribution in [0.2, 0.25) is 5.02 Å². The molecule has 1 N–H and O–H groups in total. The second-order valence-corrected chi connectivity index (χ2v) is 8.59. The molecule has 1 aliphatic rings. The molecule has 0 spiro atoms. The average molecular weight is 512 g/mol. The fourth-order valence-corrected chi connectivity index (χ4v) is 4.03. The third-order valence-electron chi connectivity index (χ3n) is 5.68. The van der Waals surface area contributed by atoms with Crippen LogP contribution in [0.4, 0.5) is 5.69 Å². The van der Waals surface area contributed by atoms with E-state index in [4.69, 9.17) is 21.4 Å². The molecule has 1 aromatic heterocycles. The first-order chi connectivity index (χ1) is 17.9. The number of nitriles is 1. The van der Waals surface area contributed by atoms with Crippen LogP contribution >= 0.6 is 11.6 Å². The van der Waals surface area contributed by atoms with Crippen LogP contribution in [0.15, 0.2) is 66.4 Å². The number of amides is 1. The minimum atomic E-state index is -0.893. The van der Waals surface area contributed by atoms with Gasteiger partial charge in [-0.3, -0.25) is 9.59 Å². The molecule has 0 radical (unpaired) electrons. The molecule has 0 saturated carbocycles. The summed E-state index contributed by atoms with van der Waals surface area (Å²) < 4.78 is 5.76. The highest BCUT2D eigenvalue weighted by Crippen LogP contribution is 2.34. The van der Waals surface area contributed by atoms with E-state index in [1.54, 1.807) is 67.7 Å². The number of carboxylic acid groups (broad SMARTS) is 1. The third kappa shape index (κ3) is 5.79. The van der Waals surface area contributed by atoms with Crippen LogP contribution in [0.3, 0.4) is 0 Å². The summed E-state index contributed by atoms with van der Waals surface area (Å²) in [6.45, 7) is 0.205. The second kappa shape index (κ2) is 11.4. The first kappa shape index (κ1) is 25.5. The fraction of sp³-hybridized carbons (Fsp3) is 0.138. The molecule has 1 amide bonds. The largest absolute Gasteiger partial charge is 0.491 e. The SMILES string of the molecule is CN(C(=O)c1ccc(Cl)c(-c2nc3c(cc2C#N)C=C=CC=C3)c1)c1ccccc1OCCCC(=O)O. The van der Waals surface area contributed by atoms with Crippen LogP contribution in [-0.4, -0.2) is 35.6 Å². The standard InChI is InChI=1S/C29H22ClN3O4/c1-33(25-10-5-6-11-26(25)37-15-7-12-27(34)35)29(36)20-13-14-23(30)22(17-20)28-21(18-31)16-19-8-3-2-4-9-24(19)32-28/h2,4-6,8-11,13-14,16-17H,7,12,15H2,1H3,(H,34,35). The molecule has 0 fully saturated rings. The Morgan fingerprint density at radius 1 is 1.22 bits per heavy atom. The zero-order valence-electron chi connectivity index (χ0n) is 19.9. The van der Waals surface area contributed by atoms with E-state index in [1.807, 2.05) is 12.2 Å². The molecule has 0 aliphatic heterocycles. The van der Waals surface area contributed by atoms with Gasteiger partial charge in [0.15, 0.2) is 0 Å². The first-order valence-electron chi connectivity index (χ1n) is 11.4. The lowest BCUT2D eigenvalue weighted by Gasteiger charge is -2.21. The third-order valence-corrected chi connectivity index (χ3v) is 6.01. The number of anilines is 1. The molecular weight excluding hydrogens is 490 g/mol. The highest BCUT2D eigenvalue weighted by atomic mass is 35.5. The number of hydrogen-bond donors (Lipinski definition) is 1. The van der Waals surface area contributed by atoms with Crippen LogP contribution in [-0.2, 0) is 4.79 Å². The van der Waals surface area contributed by atoms with Gasteiger partial charge in [-0.05, 0) is 61.0 Å². The van der Waals surface area contributed by atoms with Crippen molar-refractivity contribution < 1.29 is 19.4 Å². The summed E-state index contributed by atoms with van der Waals surface area (Å²) in [4.78, 5) is 30.4. The van der Waals surface area contributed by atoms with Crippen molar-refractivity contribution in [1.29, 1.82) is 5.26 Å². The summed E-state index contributed by atoms with van der Waals surface area (Å²) >= 11 is 6.51. The van der Waals surface area contributed by atoms with Crippen LogP contribution < -0.4 is 9.64 Å². The Hall–Kier alpha value is -4.63. The predicted molar refractivity (Wildman–Crippen MR) is 143 cm³/mol. The van der Waals surface area contributed by atoms with Crippen molar-refractivity contribution in [2.45, 2.75) is 12.8 Å². The van der Waals surface area contributed by atoms with E-state index in [0.29, 0.717) is 51.0 Å². The molecule has 0 bridgehead atoms. The van der Waals surface area contributed by atoms with E-state index < -0.39 is 5.97 Å². The normalized spacial score (nSPS) is 11.4. The van der Waals surface area contributed by atoms with Gasteiger partial charge in [-0.1, -0.05) is 29.8 Å². The van der Waals surface area contributed by atoms with E-state index in [0.717, 1.165) is 5.56 Å². The number of aliphatic carboxylic acids is 1. The number of halogens is 1. The van der Waals surface area contributed by atoms with Crippen molar-refractivity contribution in [3.63, 3.8) is 0 Å². The lowest BCUT2D eigenvalue weighted by atomic mass is 10.0. The maximum atomic E-state index is 13.5. The van der Waals surface area contributed by atoms with Crippen LogP contribution in [0.5, 0.6) is 5.75 Å². The molecular formula is C29H22ClN3O4. The Kier molecular flexibility index (Phi) is 7.85. The number of allylic oxidation sites excluding steroid dienone is 2. The van der Waals surface area contributed by atoms with Crippen molar-refractivity contribution in [2.75, 3.05) is 18.6 Å². The average Bonchev–Trinajstić information content (AvgIpc) is 3.15. The van der Waals surface area contributed by atoms with Gasteiger partial charge in [0.05, 0.1) is 34.3 Å². The van der Waals surface area contributed by atoms with Gasteiger partial charge < -0.3 is 14.7 Å². The van der Waals surface area contributed by atoms with Crippen molar-refractivity contribution in [1.82, 2.24) is 4.98 Å². The predicted octanol–water partition coefficient (Wildman–Crippen LogP) is 5.99. The van der Waals surface area contributed by atoms with Crippen LogP contribution in [0.1, 0.15) is 40.0 Å². The Bertz CT molecular complexity index is 1510. The number of pyridine rings is 1. The number of carboxylic acids is 1. The van der Waals surface area contributed by atoms with E-state index in [2.05, 4.69) is 16.8 Å². The Morgan fingerprint density at radius 3 is 2.81 bits per heavy atom. The van der Waals surface area contributed by atoms with Gasteiger partial charge in [0, 0.05) is 30.2 Å². The first-order valence-corrected chi connectivity index (χ1v) is 11.8. The number of carbonyl (C=O) groups excluding carboxylic acids is 1. The highest BCUT2D eigenvalue weighted by molar-refractivity contribution is 6.33. The summed E-state index contributed by atoms with van der Waals surface area (Å²) in [5.74, 6) is -0.749.